The molecule has 1 N–H and O–H groups in total. The molecule has 1 heterocycles. The highest BCUT2D eigenvalue weighted by Crippen LogP contribution is 2.34. The van der Waals surface area contributed by atoms with Crippen LogP contribution in [-0.2, 0) is 0 Å². The van der Waals surface area contributed by atoms with Gasteiger partial charge < -0.3 is 10.0 Å². The Kier molecular flexibility index (Phi) is 4.19. The van der Waals surface area contributed by atoms with Crippen LogP contribution in [0.4, 0.5) is 11.4 Å². The molecule has 0 amide bonds. The van der Waals surface area contributed by atoms with Crippen molar-refractivity contribution in [2.24, 2.45) is 5.92 Å². The molecule has 1 saturated heterocycles. The fraction of sp³-hybridized carbons (Fsp3) is 0.500. The Balaban J connectivity index is 2.21. The maximum absolute atomic E-state index is 11.1. The maximum Gasteiger partial charge on any atom is 0.293 e. The maximum atomic E-state index is 11.1. The molecule has 18 heavy (non-hydrogen) atoms. The number of hydrogen-bond acceptors (Lipinski definition) is 4. The topological polar surface area (TPSA) is 66.6 Å². The van der Waals surface area contributed by atoms with Crippen LogP contribution < -0.4 is 4.90 Å². The summed E-state index contributed by atoms with van der Waals surface area (Å²) in [6.45, 7) is 1.77. The van der Waals surface area contributed by atoms with Crippen molar-refractivity contribution in [1.29, 1.82) is 0 Å². The average Bonchev–Trinajstić information content (AvgIpc) is 2.78. The van der Waals surface area contributed by atoms with E-state index < -0.39 is 0 Å². The van der Waals surface area contributed by atoms with Crippen LogP contribution in [0.15, 0.2) is 22.7 Å². The van der Waals surface area contributed by atoms with Gasteiger partial charge in [0.2, 0.25) is 0 Å². The summed E-state index contributed by atoms with van der Waals surface area (Å²) < 4.78 is 0.712. The van der Waals surface area contributed by atoms with Gasteiger partial charge >= 0.3 is 0 Å². The van der Waals surface area contributed by atoms with E-state index in [-0.39, 0.29) is 17.2 Å². The van der Waals surface area contributed by atoms with E-state index in [1.807, 2.05) is 11.0 Å². The molecule has 1 atom stereocenters. The second-order valence-corrected chi connectivity index (χ2v) is 5.42. The van der Waals surface area contributed by atoms with E-state index in [0.29, 0.717) is 16.1 Å². The minimum absolute atomic E-state index is 0.133. The van der Waals surface area contributed by atoms with Gasteiger partial charge in [-0.3, -0.25) is 10.1 Å². The van der Waals surface area contributed by atoms with Crippen molar-refractivity contribution in [3.63, 3.8) is 0 Å². The second-order valence-electron chi connectivity index (χ2n) is 4.50. The normalized spacial score (nSPS) is 19.2. The second kappa shape index (κ2) is 5.67. The van der Waals surface area contributed by atoms with Crippen LogP contribution in [0.1, 0.15) is 12.8 Å². The van der Waals surface area contributed by atoms with Crippen LogP contribution in [-0.4, -0.2) is 29.7 Å². The van der Waals surface area contributed by atoms with Gasteiger partial charge in [0.05, 0.1) is 4.92 Å². The van der Waals surface area contributed by atoms with Gasteiger partial charge in [-0.2, -0.15) is 0 Å². The minimum atomic E-state index is -0.348. The van der Waals surface area contributed by atoms with Gasteiger partial charge in [0.15, 0.2) is 0 Å². The number of anilines is 1. The van der Waals surface area contributed by atoms with Crippen LogP contribution in [0.25, 0.3) is 0 Å². The zero-order valence-electron chi connectivity index (χ0n) is 9.88. The monoisotopic (exact) mass is 314 g/mol. The fourth-order valence-electron chi connectivity index (χ4n) is 2.38. The van der Waals surface area contributed by atoms with Crippen molar-refractivity contribution in [2.75, 3.05) is 24.6 Å². The predicted octanol–water partition coefficient (Wildman–Crippen LogP) is 2.57. The van der Waals surface area contributed by atoms with Crippen LogP contribution in [0.5, 0.6) is 0 Å². The number of hydrogen-bond donors (Lipinski definition) is 1. The number of nitro groups is 1. The van der Waals surface area contributed by atoms with E-state index in [2.05, 4.69) is 15.9 Å². The number of halogens is 1. The average molecular weight is 315 g/mol. The lowest BCUT2D eigenvalue weighted by Gasteiger charge is -2.18. The molecule has 0 saturated carbocycles. The number of benzene rings is 1. The van der Waals surface area contributed by atoms with E-state index >= 15 is 0 Å². The number of nitrogens with zero attached hydrogens (tertiary/aromatic N) is 2. The first-order valence-corrected chi connectivity index (χ1v) is 6.71. The van der Waals surface area contributed by atoms with Gasteiger partial charge in [0.1, 0.15) is 5.69 Å². The first-order valence-electron chi connectivity index (χ1n) is 5.91. The Hall–Kier alpha value is -1.14. The number of rotatable bonds is 4. The van der Waals surface area contributed by atoms with Crippen LogP contribution >= 0.6 is 15.9 Å². The zero-order valence-corrected chi connectivity index (χ0v) is 11.5. The van der Waals surface area contributed by atoms with Crippen molar-refractivity contribution >= 4 is 27.3 Å². The Bertz CT molecular complexity index is 453. The van der Waals surface area contributed by atoms with E-state index in [4.69, 9.17) is 5.11 Å². The van der Waals surface area contributed by atoms with E-state index in [1.54, 1.807) is 6.07 Å². The Labute approximate surface area is 114 Å². The zero-order chi connectivity index (χ0) is 13.1. The van der Waals surface area contributed by atoms with Crippen LogP contribution in [0.3, 0.4) is 0 Å². The molecule has 0 bridgehead atoms. The highest BCUT2D eigenvalue weighted by atomic mass is 79.9. The van der Waals surface area contributed by atoms with Crippen molar-refractivity contribution in [2.45, 2.75) is 12.8 Å². The highest BCUT2D eigenvalue weighted by Gasteiger charge is 2.27. The molecule has 1 aromatic carbocycles. The van der Waals surface area contributed by atoms with Gasteiger partial charge in [0, 0.05) is 30.2 Å². The smallest absolute Gasteiger partial charge is 0.293 e. The van der Waals surface area contributed by atoms with E-state index in [9.17, 15) is 10.1 Å². The SMILES string of the molecule is O=[N+]([O-])c1cc(Br)ccc1N1CCC(CCO)C1. The van der Waals surface area contributed by atoms with Crippen molar-refractivity contribution in [1.82, 2.24) is 0 Å². The molecule has 1 aliphatic heterocycles. The van der Waals surface area contributed by atoms with Gasteiger partial charge in [-0.25, -0.2) is 0 Å². The van der Waals surface area contributed by atoms with Crippen molar-refractivity contribution in [3.8, 4) is 0 Å². The van der Waals surface area contributed by atoms with Crippen LogP contribution in [0, 0.1) is 16.0 Å². The van der Waals surface area contributed by atoms with Gasteiger partial charge in [-0.15, -0.1) is 0 Å². The molecule has 1 aliphatic rings. The third kappa shape index (κ3) is 2.81. The molecular weight excluding hydrogens is 300 g/mol. The summed E-state index contributed by atoms with van der Waals surface area (Å²) >= 11 is 3.25. The first-order chi connectivity index (χ1) is 8.61. The van der Waals surface area contributed by atoms with Gasteiger partial charge in [0.25, 0.3) is 5.69 Å². The molecule has 6 heteroatoms. The fourth-order valence-corrected chi connectivity index (χ4v) is 2.73. The lowest BCUT2D eigenvalue weighted by atomic mass is 10.1. The number of aliphatic hydroxyl groups excluding tert-OH is 1. The predicted molar refractivity (Wildman–Crippen MR) is 72.8 cm³/mol. The quantitative estimate of drug-likeness (QED) is 0.685. The molecule has 0 radical (unpaired) electrons. The molecule has 0 spiro atoms. The Morgan fingerprint density at radius 3 is 3.00 bits per heavy atom. The third-order valence-electron chi connectivity index (χ3n) is 3.30. The molecule has 1 unspecified atom stereocenters. The number of aliphatic hydroxyl groups is 1. The summed E-state index contributed by atoms with van der Waals surface area (Å²) in [5, 5.41) is 20.0. The Morgan fingerprint density at radius 2 is 2.33 bits per heavy atom. The molecule has 98 valence electrons. The molecule has 0 aliphatic carbocycles. The van der Waals surface area contributed by atoms with Crippen LogP contribution in [0.2, 0.25) is 0 Å². The van der Waals surface area contributed by atoms with Crippen molar-refractivity contribution < 1.29 is 10.0 Å². The first kappa shape index (κ1) is 13.3. The summed E-state index contributed by atoms with van der Waals surface area (Å²) in [6, 6.07) is 5.14. The largest absolute Gasteiger partial charge is 0.396 e. The molecule has 1 fully saturated rings. The van der Waals surface area contributed by atoms with E-state index in [1.165, 1.54) is 6.07 Å². The molecule has 1 aromatic rings. The summed E-state index contributed by atoms with van der Waals surface area (Å²) in [4.78, 5) is 12.7. The molecular formula is C12H15BrN2O3. The minimum Gasteiger partial charge on any atom is -0.396 e. The summed E-state index contributed by atoms with van der Waals surface area (Å²) in [6.07, 6.45) is 1.74. The standard InChI is InChI=1S/C12H15BrN2O3/c13-10-1-2-11(12(7-10)15(17)18)14-5-3-9(8-14)4-6-16/h1-2,7,9,16H,3-6,8H2. The lowest BCUT2D eigenvalue weighted by molar-refractivity contribution is -0.384. The van der Waals surface area contributed by atoms with Gasteiger partial charge in [-0.1, -0.05) is 15.9 Å². The number of nitro benzene ring substituents is 1. The van der Waals surface area contributed by atoms with E-state index in [0.717, 1.165) is 25.9 Å². The van der Waals surface area contributed by atoms with Crippen molar-refractivity contribution in [3.05, 3.63) is 32.8 Å². The highest BCUT2D eigenvalue weighted by molar-refractivity contribution is 9.10. The summed E-state index contributed by atoms with van der Waals surface area (Å²) in [5.41, 5.74) is 0.803. The Morgan fingerprint density at radius 1 is 1.56 bits per heavy atom. The van der Waals surface area contributed by atoms with Gasteiger partial charge in [-0.05, 0) is 30.9 Å². The third-order valence-corrected chi connectivity index (χ3v) is 3.79. The molecule has 2 rings (SSSR count). The summed E-state index contributed by atoms with van der Waals surface area (Å²) in [5.74, 6) is 0.429. The molecule has 0 aromatic heterocycles. The summed E-state index contributed by atoms with van der Waals surface area (Å²) in [7, 11) is 0. The molecule has 5 nitrogen and oxygen atoms in total. The lowest BCUT2D eigenvalue weighted by Crippen LogP contribution is -2.21.